The number of aryl methyl sites for hydroxylation is 1. The molecule has 5 rings (SSSR count). The van der Waals surface area contributed by atoms with E-state index in [1.165, 1.54) is 14.2 Å². The predicted molar refractivity (Wildman–Crippen MR) is 135 cm³/mol. The second kappa shape index (κ2) is 9.67. The molecule has 0 bridgehead atoms. The number of rotatable bonds is 8. The Kier molecular flexibility index (Phi) is 6.26. The first-order valence-electron chi connectivity index (χ1n) is 11.2. The normalized spacial score (nSPS) is 11.2. The molecule has 0 aliphatic heterocycles. The molecule has 0 atom stereocenters. The van der Waals surface area contributed by atoms with Crippen molar-refractivity contribution in [1.82, 2.24) is 24.1 Å². The highest BCUT2D eigenvalue weighted by atomic mass is 16.5. The van der Waals surface area contributed by atoms with Crippen molar-refractivity contribution in [3.63, 3.8) is 0 Å². The van der Waals surface area contributed by atoms with Gasteiger partial charge in [-0.3, -0.25) is 19.1 Å². The molecule has 0 saturated heterocycles. The molecule has 184 valence electrons. The molecule has 0 saturated carbocycles. The maximum absolute atomic E-state index is 13.4. The number of hydrogen-bond acceptors (Lipinski definition) is 8. The molecule has 5 aromatic rings. The second-order valence-electron chi connectivity index (χ2n) is 8.03. The van der Waals surface area contributed by atoms with Crippen LogP contribution in [0.2, 0.25) is 0 Å². The largest absolute Gasteiger partial charge is 0.490 e. The summed E-state index contributed by atoms with van der Waals surface area (Å²) in [6.45, 7) is 0.914. The Bertz CT molecular complexity index is 1630. The number of aromatic nitrogens is 5. The molecule has 1 aromatic carbocycles. The first-order valence-corrected chi connectivity index (χ1v) is 11.2. The van der Waals surface area contributed by atoms with Crippen molar-refractivity contribution in [2.75, 3.05) is 34.5 Å². The molecule has 0 unspecified atom stereocenters. The molecular weight excluding hydrogens is 462 g/mol. The van der Waals surface area contributed by atoms with Crippen LogP contribution in [0.1, 0.15) is 0 Å². The zero-order chi connectivity index (χ0) is 25.2. The Balaban J connectivity index is 1.72. The molecule has 4 aromatic heterocycles. The summed E-state index contributed by atoms with van der Waals surface area (Å²) in [5.41, 5.74) is 4.15. The summed E-state index contributed by atoms with van der Waals surface area (Å²) >= 11 is 0. The van der Waals surface area contributed by atoms with Gasteiger partial charge in [0.25, 0.3) is 0 Å². The van der Waals surface area contributed by atoms with Gasteiger partial charge in [-0.15, -0.1) is 0 Å². The van der Waals surface area contributed by atoms with Gasteiger partial charge in [0, 0.05) is 37.4 Å². The zero-order valence-corrected chi connectivity index (χ0v) is 20.4. The SMILES string of the molecule is COCCOc1cncc(-c2ccc3ncc4c(c3c2)n(-c2ccc(OC)nc2OC)c(=O)n4C)c1. The summed E-state index contributed by atoms with van der Waals surface area (Å²) in [6, 6.07) is 11.3. The molecule has 0 spiro atoms. The summed E-state index contributed by atoms with van der Waals surface area (Å²) in [5.74, 6) is 1.31. The summed E-state index contributed by atoms with van der Waals surface area (Å²) in [7, 11) is 6.38. The molecule has 0 aliphatic carbocycles. The minimum Gasteiger partial charge on any atom is -0.490 e. The number of fused-ring (bicyclic) bond motifs is 3. The van der Waals surface area contributed by atoms with E-state index in [1.807, 2.05) is 24.3 Å². The average Bonchev–Trinajstić information content (AvgIpc) is 3.18. The van der Waals surface area contributed by atoms with E-state index in [0.717, 1.165) is 22.0 Å². The Morgan fingerprint density at radius 3 is 2.56 bits per heavy atom. The van der Waals surface area contributed by atoms with Crippen LogP contribution in [0, 0.1) is 0 Å². The van der Waals surface area contributed by atoms with Gasteiger partial charge in [0.2, 0.25) is 11.8 Å². The lowest BCUT2D eigenvalue weighted by molar-refractivity contribution is 0.146. The fourth-order valence-electron chi connectivity index (χ4n) is 4.15. The second-order valence-corrected chi connectivity index (χ2v) is 8.03. The highest BCUT2D eigenvalue weighted by molar-refractivity contribution is 6.04. The van der Waals surface area contributed by atoms with Crippen molar-refractivity contribution in [1.29, 1.82) is 0 Å². The summed E-state index contributed by atoms with van der Waals surface area (Å²) < 4.78 is 24.7. The average molecular weight is 488 g/mol. The number of benzene rings is 1. The predicted octanol–water partition coefficient (Wildman–Crippen LogP) is 3.38. The van der Waals surface area contributed by atoms with Crippen LogP contribution in [-0.2, 0) is 11.8 Å². The molecule has 0 fully saturated rings. The molecule has 10 heteroatoms. The van der Waals surface area contributed by atoms with Gasteiger partial charge in [-0.2, -0.15) is 4.98 Å². The number of nitrogens with zero attached hydrogens (tertiary/aromatic N) is 5. The van der Waals surface area contributed by atoms with Crippen LogP contribution in [0.5, 0.6) is 17.5 Å². The summed E-state index contributed by atoms with van der Waals surface area (Å²) in [5, 5.41) is 0.797. The van der Waals surface area contributed by atoms with Gasteiger partial charge in [0.05, 0.1) is 49.8 Å². The Hall–Kier alpha value is -4.44. The first kappa shape index (κ1) is 23.3. The van der Waals surface area contributed by atoms with E-state index < -0.39 is 0 Å². The van der Waals surface area contributed by atoms with Gasteiger partial charge in [-0.1, -0.05) is 6.07 Å². The van der Waals surface area contributed by atoms with E-state index in [0.29, 0.717) is 41.6 Å². The van der Waals surface area contributed by atoms with Gasteiger partial charge in [-0.25, -0.2) is 4.79 Å². The standard InChI is InChI=1S/C26H25N5O5/c1-30-22-15-28-20-6-5-16(17-11-18(14-27-13-17)36-10-9-33-2)12-19(20)24(22)31(26(30)32)21-7-8-23(34-3)29-25(21)35-4/h5-8,11-15H,9-10H2,1-4H3. The molecule has 4 heterocycles. The van der Waals surface area contributed by atoms with Gasteiger partial charge in [-0.05, 0) is 29.8 Å². The van der Waals surface area contributed by atoms with Crippen molar-refractivity contribution in [3.05, 3.63) is 65.5 Å². The van der Waals surface area contributed by atoms with Crippen LogP contribution >= 0.6 is 0 Å². The fraction of sp³-hybridized carbons (Fsp3) is 0.231. The van der Waals surface area contributed by atoms with Gasteiger partial charge >= 0.3 is 5.69 Å². The third-order valence-electron chi connectivity index (χ3n) is 5.94. The fourth-order valence-corrected chi connectivity index (χ4v) is 4.15. The number of methoxy groups -OCH3 is 3. The van der Waals surface area contributed by atoms with Crippen molar-refractivity contribution in [3.8, 4) is 34.3 Å². The minimum atomic E-state index is -0.245. The van der Waals surface area contributed by atoms with Crippen molar-refractivity contribution in [2.45, 2.75) is 0 Å². The smallest absolute Gasteiger partial charge is 0.333 e. The molecule has 0 amide bonds. The maximum atomic E-state index is 13.4. The van der Waals surface area contributed by atoms with Crippen LogP contribution in [-0.4, -0.2) is 58.6 Å². The highest BCUT2D eigenvalue weighted by Crippen LogP contribution is 2.32. The Morgan fingerprint density at radius 1 is 0.917 bits per heavy atom. The van der Waals surface area contributed by atoms with Crippen LogP contribution in [0.3, 0.4) is 0 Å². The number of hydrogen-bond donors (Lipinski definition) is 0. The highest BCUT2D eigenvalue weighted by Gasteiger charge is 2.20. The van der Waals surface area contributed by atoms with E-state index in [1.54, 1.807) is 54.0 Å². The minimum absolute atomic E-state index is 0.245. The molecule has 0 radical (unpaired) electrons. The van der Waals surface area contributed by atoms with Gasteiger partial charge in [0.15, 0.2) is 0 Å². The molecule has 36 heavy (non-hydrogen) atoms. The van der Waals surface area contributed by atoms with Crippen molar-refractivity contribution >= 4 is 21.9 Å². The lowest BCUT2D eigenvalue weighted by atomic mass is 10.0. The van der Waals surface area contributed by atoms with Crippen LogP contribution in [0.4, 0.5) is 0 Å². The summed E-state index contributed by atoms with van der Waals surface area (Å²) in [4.78, 5) is 26.7. The molecule has 0 N–H and O–H groups in total. The monoisotopic (exact) mass is 487 g/mol. The zero-order valence-electron chi connectivity index (χ0n) is 20.4. The Morgan fingerprint density at radius 2 is 1.78 bits per heavy atom. The lowest BCUT2D eigenvalue weighted by Crippen LogP contribution is -2.21. The quantitative estimate of drug-likeness (QED) is 0.307. The Labute approximate surface area is 206 Å². The third kappa shape index (κ3) is 4.01. The van der Waals surface area contributed by atoms with E-state index in [2.05, 4.69) is 15.0 Å². The van der Waals surface area contributed by atoms with E-state index in [4.69, 9.17) is 18.9 Å². The number of pyridine rings is 3. The van der Waals surface area contributed by atoms with E-state index >= 15 is 0 Å². The lowest BCUT2D eigenvalue weighted by Gasteiger charge is -2.12. The van der Waals surface area contributed by atoms with Crippen LogP contribution in [0.15, 0.2) is 59.8 Å². The molecule has 0 aliphatic rings. The molecular formula is C26H25N5O5. The first-order chi connectivity index (χ1) is 17.5. The topological polar surface area (TPSA) is 103 Å². The van der Waals surface area contributed by atoms with Gasteiger partial charge < -0.3 is 18.9 Å². The van der Waals surface area contributed by atoms with Crippen molar-refractivity contribution in [2.24, 2.45) is 7.05 Å². The molecule has 10 nitrogen and oxygen atoms in total. The third-order valence-corrected chi connectivity index (χ3v) is 5.94. The number of ether oxygens (including phenoxy) is 4. The summed E-state index contributed by atoms with van der Waals surface area (Å²) in [6.07, 6.45) is 5.13. The number of imidazole rings is 1. The van der Waals surface area contributed by atoms with E-state index in [-0.39, 0.29) is 11.6 Å². The van der Waals surface area contributed by atoms with Crippen molar-refractivity contribution < 1.29 is 18.9 Å². The van der Waals surface area contributed by atoms with Crippen LogP contribution in [0.25, 0.3) is 38.8 Å². The van der Waals surface area contributed by atoms with Crippen LogP contribution < -0.4 is 19.9 Å². The van der Waals surface area contributed by atoms with E-state index in [9.17, 15) is 4.79 Å². The maximum Gasteiger partial charge on any atom is 0.333 e. The van der Waals surface area contributed by atoms with Gasteiger partial charge in [0.1, 0.15) is 18.0 Å².